The second-order valence-electron chi connectivity index (χ2n) is 8.33. The number of aromatic hydroxyl groups is 1. The molecule has 1 aliphatic heterocycles. The lowest BCUT2D eigenvalue weighted by molar-refractivity contribution is -0.156. The van der Waals surface area contributed by atoms with Gasteiger partial charge in [-0.15, -0.1) is 0 Å². The molecule has 1 unspecified atom stereocenters. The fourth-order valence-electron chi connectivity index (χ4n) is 4.11. The summed E-state index contributed by atoms with van der Waals surface area (Å²) >= 11 is 3.41. The minimum Gasteiger partial charge on any atom is -0.504 e. The van der Waals surface area contributed by atoms with E-state index in [1.54, 1.807) is 42.5 Å². The van der Waals surface area contributed by atoms with Gasteiger partial charge >= 0.3 is 0 Å². The number of amides is 2. The number of carbonyl (C=O) groups excluding carboxylic acids is 2. The molecule has 1 aliphatic rings. The fourth-order valence-corrected chi connectivity index (χ4v) is 4.48. The van der Waals surface area contributed by atoms with Crippen molar-refractivity contribution in [1.82, 2.24) is 20.0 Å². The van der Waals surface area contributed by atoms with E-state index in [1.807, 2.05) is 18.2 Å². The summed E-state index contributed by atoms with van der Waals surface area (Å²) in [6.45, 7) is 0. The number of β-lactam (4-membered cyclic amide) rings is 1. The first-order valence-corrected chi connectivity index (χ1v) is 12.1. The van der Waals surface area contributed by atoms with Gasteiger partial charge in [-0.1, -0.05) is 40.2 Å². The van der Waals surface area contributed by atoms with Gasteiger partial charge in [0.15, 0.2) is 11.5 Å². The molecule has 37 heavy (non-hydrogen) atoms. The maximum absolute atomic E-state index is 13.6. The van der Waals surface area contributed by atoms with Crippen LogP contribution in [0.2, 0.25) is 0 Å². The van der Waals surface area contributed by atoms with E-state index in [0.717, 1.165) is 4.47 Å². The highest BCUT2D eigenvalue weighted by Crippen LogP contribution is 2.33. The number of phenolic OH excluding ortho intramolecular Hbond substituents is 1. The Morgan fingerprint density at radius 2 is 1.92 bits per heavy atom. The van der Waals surface area contributed by atoms with Crippen LogP contribution in [0.3, 0.4) is 0 Å². The lowest BCUT2D eigenvalue weighted by atomic mass is 10.0. The lowest BCUT2D eigenvalue weighted by Crippen LogP contribution is -2.57. The smallest absolute Gasteiger partial charge is 0.266 e. The number of aromatic nitrogens is 2. The summed E-state index contributed by atoms with van der Waals surface area (Å²) in [6, 6.07) is 18.3. The molecule has 186 valence electrons. The number of nitrogens with zero attached hydrogens (tertiary/aromatic N) is 3. The van der Waals surface area contributed by atoms with Crippen LogP contribution in [0.15, 0.2) is 82.1 Å². The molecule has 3 aromatic carbocycles. The fraction of sp³-hybridized carbons (Fsp3) is 0.111. The Hall–Kier alpha value is -4.44. The van der Waals surface area contributed by atoms with Gasteiger partial charge in [-0.2, -0.15) is 0 Å². The molecule has 1 fully saturated rings. The van der Waals surface area contributed by atoms with Crippen LogP contribution in [0.5, 0.6) is 11.5 Å². The van der Waals surface area contributed by atoms with Crippen LogP contribution in [0.1, 0.15) is 23.9 Å². The van der Waals surface area contributed by atoms with Crippen LogP contribution >= 0.6 is 15.9 Å². The van der Waals surface area contributed by atoms with Crippen LogP contribution < -0.4 is 15.7 Å². The van der Waals surface area contributed by atoms with Crippen LogP contribution in [0, 0.1) is 0 Å². The van der Waals surface area contributed by atoms with Crippen molar-refractivity contribution in [3.63, 3.8) is 0 Å². The van der Waals surface area contributed by atoms with Gasteiger partial charge in [-0.05, 0) is 54.1 Å². The molecule has 4 aromatic rings. The summed E-state index contributed by atoms with van der Waals surface area (Å²) in [6.07, 6.45) is 2.88. The number of rotatable bonds is 6. The molecule has 1 saturated heterocycles. The zero-order chi connectivity index (χ0) is 26.1. The second kappa shape index (κ2) is 9.90. The van der Waals surface area contributed by atoms with E-state index in [-0.39, 0.29) is 29.4 Å². The van der Waals surface area contributed by atoms with E-state index in [4.69, 9.17) is 9.72 Å². The number of hydrazine groups is 1. The molecular formula is C27H21BrN4O5. The Bertz CT molecular complexity index is 1620. The normalized spacial score (nSPS) is 15.1. The minimum atomic E-state index is -0.639. The van der Waals surface area contributed by atoms with Crippen molar-refractivity contribution in [2.45, 2.75) is 12.5 Å². The maximum atomic E-state index is 13.6. The van der Waals surface area contributed by atoms with Crippen molar-refractivity contribution in [2.24, 2.45) is 0 Å². The highest BCUT2D eigenvalue weighted by atomic mass is 79.9. The predicted octanol–water partition coefficient (Wildman–Crippen LogP) is 3.88. The quantitative estimate of drug-likeness (QED) is 0.273. The molecule has 0 bridgehead atoms. The number of nitrogens with one attached hydrogen (secondary N) is 1. The molecule has 2 N–H and O–H groups in total. The third kappa shape index (κ3) is 4.70. The van der Waals surface area contributed by atoms with Crippen LogP contribution in [0.25, 0.3) is 22.7 Å². The first-order valence-electron chi connectivity index (χ1n) is 11.3. The molecule has 1 atom stereocenters. The summed E-state index contributed by atoms with van der Waals surface area (Å²) in [4.78, 5) is 43.5. The van der Waals surface area contributed by atoms with Crippen LogP contribution in [0.4, 0.5) is 0 Å². The average Bonchev–Trinajstić information content (AvgIpc) is 2.90. The second-order valence-corrected chi connectivity index (χ2v) is 9.25. The van der Waals surface area contributed by atoms with Gasteiger partial charge in [0.1, 0.15) is 11.9 Å². The van der Waals surface area contributed by atoms with E-state index in [1.165, 1.54) is 34.9 Å². The lowest BCUT2D eigenvalue weighted by Gasteiger charge is -2.39. The summed E-state index contributed by atoms with van der Waals surface area (Å²) in [5, 5.41) is 11.4. The molecule has 0 spiro atoms. The number of hydrogen-bond donors (Lipinski definition) is 2. The summed E-state index contributed by atoms with van der Waals surface area (Å²) < 4.78 is 7.30. The third-order valence-electron chi connectivity index (χ3n) is 5.98. The summed E-state index contributed by atoms with van der Waals surface area (Å²) in [7, 11) is 1.43. The molecule has 0 radical (unpaired) electrons. The SMILES string of the molecule is COc1cc(/C=C/C(=O)NN2C(=O)CC2c2nc3ccc(Br)cc3c(=O)n2-c2ccccc2)ccc1O. The van der Waals surface area contributed by atoms with Crippen molar-refractivity contribution in [3.05, 3.63) is 99.0 Å². The zero-order valence-corrected chi connectivity index (χ0v) is 21.2. The van der Waals surface area contributed by atoms with E-state index in [9.17, 15) is 19.5 Å². The third-order valence-corrected chi connectivity index (χ3v) is 6.47. The first-order chi connectivity index (χ1) is 17.9. The molecule has 2 heterocycles. The molecule has 10 heteroatoms. The summed E-state index contributed by atoms with van der Waals surface area (Å²) in [5.41, 5.74) is 4.03. The topological polar surface area (TPSA) is 114 Å². The largest absolute Gasteiger partial charge is 0.504 e. The highest BCUT2D eigenvalue weighted by molar-refractivity contribution is 9.10. The predicted molar refractivity (Wildman–Crippen MR) is 141 cm³/mol. The van der Waals surface area contributed by atoms with E-state index in [2.05, 4.69) is 21.4 Å². The highest BCUT2D eigenvalue weighted by Gasteiger charge is 2.41. The van der Waals surface area contributed by atoms with Crippen molar-refractivity contribution in [1.29, 1.82) is 0 Å². The number of ether oxygens (including phenoxy) is 1. The molecule has 2 amide bonds. The van der Waals surface area contributed by atoms with Crippen molar-refractivity contribution in [3.8, 4) is 17.2 Å². The molecular weight excluding hydrogens is 540 g/mol. The maximum Gasteiger partial charge on any atom is 0.266 e. The van der Waals surface area contributed by atoms with Gasteiger partial charge in [0.2, 0.25) is 5.91 Å². The van der Waals surface area contributed by atoms with Crippen molar-refractivity contribution >= 4 is 44.7 Å². The number of halogens is 1. The van der Waals surface area contributed by atoms with E-state index >= 15 is 0 Å². The Balaban J connectivity index is 1.47. The number of fused-ring (bicyclic) bond motifs is 1. The van der Waals surface area contributed by atoms with E-state index in [0.29, 0.717) is 28.0 Å². The zero-order valence-electron chi connectivity index (χ0n) is 19.6. The first kappa shape index (κ1) is 24.3. The van der Waals surface area contributed by atoms with Gasteiger partial charge < -0.3 is 9.84 Å². The van der Waals surface area contributed by atoms with Crippen molar-refractivity contribution in [2.75, 3.05) is 7.11 Å². The van der Waals surface area contributed by atoms with Gasteiger partial charge in [0.05, 0.1) is 30.1 Å². The molecule has 5 rings (SSSR count). The number of carbonyl (C=O) groups is 2. The summed E-state index contributed by atoms with van der Waals surface area (Å²) in [5.74, 6) is -0.240. The molecule has 9 nitrogen and oxygen atoms in total. The number of benzene rings is 3. The monoisotopic (exact) mass is 560 g/mol. The number of methoxy groups -OCH3 is 1. The Morgan fingerprint density at radius 3 is 2.65 bits per heavy atom. The minimum absolute atomic E-state index is 0.0159. The molecule has 0 saturated carbocycles. The van der Waals surface area contributed by atoms with Crippen molar-refractivity contribution < 1.29 is 19.4 Å². The number of hydrogen-bond acceptors (Lipinski definition) is 6. The number of phenols is 1. The van der Waals surface area contributed by atoms with Crippen LogP contribution in [-0.2, 0) is 9.59 Å². The molecule has 0 aliphatic carbocycles. The molecule has 1 aromatic heterocycles. The Morgan fingerprint density at radius 1 is 1.14 bits per heavy atom. The van der Waals surface area contributed by atoms with Gasteiger partial charge in [0.25, 0.3) is 11.5 Å². The van der Waals surface area contributed by atoms with Gasteiger partial charge in [0, 0.05) is 10.5 Å². The van der Waals surface area contributed by atoms with Gasteiger partial charge in [-0.3, -0.25) is 24.4 Å². The van der Waals surface area contributed by atoms with E-state index < -0.39 is 11.9 Å². The standard InChI is InChI=1S/C27H21BrN4O5/c1-37-23-13-16(7-11-22(23)33)8-12-24(34)30-32-21(15-25(32)35)26-29-20-10-9-17(28)14-19(20)27(36)31(26)18-5-3-2-4-6-18/h2-14,21,33H,15H2,1H3,(H,30,34)/b12-8+. The van der Waals surface area contributed by atoms with Crippen LogP contribution in [-0.4, -0.2) is 38.6 Å². The van der Waals surface area contributed by atoms with Gasteiger partial charge in [-0.25, -0.2) is 9.99 Å². The Kier molecular flexibility index (Phi) is 6.49. The Labute approximate surface area is 219 Å². The average molecular weight is 561 g/mol. The number of para-hydroxylation sites is 1.